The van der Waals surface area contributed by atoms with E-state index in [-0.39, 0.29) is 11.4 Å². The number of nitrogens with one attached hydrogen (secondary N) is 1. The van der Waals surface area contributed by atoms with Gasteiger partial charge in [-0.3, -0.25) is 4.79 Å². The molecule has 1 aliphatic rings. The molecule has 1 aromatic rings. The van der Waals surface area contributed by atoms with Crippen molar-refractivity contribution in [3.8, 4) is 0 Å². The van der Waals surface area contributed by atoms with E-state index in [9.17, 15) is 4.79 Å². The third-order valence-electron chi connectivity index (χ3n) is 3.87. The van der Waals surface area contributed by atoms with E-state index in [1.807, 2.05) is 4.90 Å². The summed E-state index contributed by atoms with van der Waals surface area (Å²) in [5.74, 6) is 0.126. The number of amides is 1. The number of carbonyl (C=O) groups excluding carboxylic acids is 1. The highest BCUT2D eigenvalue weighted by Gasteiger charge is 2.35. The Kier molecular flexibility index (Phi) is 4.53. The molecule has 104 valence electrons. The molecule has 0 aliphatic carbocycles. The predicted molar refractivity (Wildman–Crippen MR) is 81.9 cm³/mol. The normalized spacial score (nSPS) is 18.1. The van der Waals surface area contributed by atoms with Gasteiger partial charge in [0.15, 0.2) is 0 Å². The summed E-state index contributed by atoms with van der Waals surface area (Å²) < 4.78 is 0. The second-order valence-electron chi connectivity index (χ2n) is 5.30. The molecule has 1 aromatic carbocycles. The lowest BCUT2D eigenvalue weighted by Gasteiger charge is -2.43. The van der Waals surface area contributed by atoms with Crippen molar-refractivity contribution in [3.05, 3.63) is 24.3 Å². The zero-order valence-electron chi connectivity index (χ0n) is 11.9. The molecule has 1 fully saturated rings. The van der Waals surface area contributed by atoms with Crippen molar-refractivity contribution in [1.29, 1.82) is 0 Å². The highest BCUT2D eigenvalue weighted by atomic mass is 32.2. The SMILES string of the molecule is CSc1ccc(N(C(C)=O)C2(C)CCNCC2)cc1. The zero-order valence-corrected chi connectivity index (χ0v) is 12.7. The molecule has 0 unspecified atom stereocenters. The van der Waals surface area contributed by atoms with Gasteiger partial charge in [0, 0.05) is 23.0 Å². The summed E-state index contributed by atoms with van der Waals surface area (Å²) in [6.45, 7) is 5.81. The van der Waals surface area contributed by atoms with Gasteiger partial charge in [-0.2, -0.15) is 0 Å². The van der Waals surface area contributed by atoms with Crippen LogP contribution in [0.5, 0.6) is 0 Å². The molecule has 0 spiro atoms. The van der Waals surface area contributed by atoms with E-state index in [1.165, 1.54) is 4.90 Å². The molecule has 1 amide bonds. The number of thioether (sulfide) groups is 1. The van der Waals surface area contributed by atoms with Crippen LogP contribution in [0.2, 0.25) is 0 Å². The molecule has 0 radical (unpaired) electrons. The van der Waals surface area contributed by atoms with Crippen LogP contribution in [0.3, 0.4) is 0 Å². The summed E-state index contributed by atoms with van der Waals surface area (Å²) in [7, 11) is 0. The minimum absolute atomic E-state index is 0.0715. The number of rotatable bonds is 3. The number of hydrogen-bond donors (Lipinski definition) is 1. The highest BCUT2D eigenvalue weighted by molar-refractivity contribution is 7.98. The van der Waals surface area contributed by atoms with Gasteiger partial charge < -0.3 is 10.2 Å². The van der Waals surface area contributed by atoms with E-state index < -0.39 is 0 Å². The summed E-state index contributed by atoms with van der Waals surface area (Å²) in [6, 6.07) is 8.28. The molecular formula is C15H22N2OS. The molecule has 1 heterocycles. The van der Waals surface area contributed by atoms with Crippen molar-refractivity contribution in [2.45, 2.75) is 37.1 Å². The number of piperidine rings is 1. The molecule has 19 heavy (non-hydrogen) atoms. The molecule has 0 atom stereocenters. The van der Waals surface area contributed by atoms with E-state index in [1.54, 1.807) is 18.7 Å². The van der Waals surface area contributed by atoms with Crippen molar-refractivity contribution in [1.82, 2.24) is 5.32 Å². The largest absolute Gasteiger partial charge is 0.317 e. The molecule has 1 saturated heterocycles. The number of anilines is 1. The fourth-order valence-corrected chi connectivity index (χ4v) is 3.20. The van der Waals surface area contributed by atoms with Crippen LogP contribution in [0.15, 0.2) is 29.2 Å². The van der Waals surface area contributed by atoms with Gasteiger partial charge in [0.25, 0.3) is 0 Å². The Morgan fingerprint density at radius 1 is 1.26 bits per heavy atom. The summed E-state index contributed by atoms with van der Waals surface area (Å²) >= 11 is 1.72. The number of hydrogen-bond acceptors (Lipinski definition) is 3. The van der Waals surface area contributed by atoms with Crippen LogP contribution in [0, 0.1) is 0 Å². The van der Waals surface area contributed by atoms with Gasteiger partial charge in [0.1, 0.15) is 0 Å². The van der Waals surface area contributed by atoms with Crippen LogP contribution in [0.1, 0.15) is 26.7 Å². The van der Waals surface area contributed by atoms with Crippen LogP contribution < -0.4 is 10.2 Å². The first-order chi connectivity index (χ1) is 9.07. The lowest BCUT2D eigenvalue weighted by atomic mass is 9.88. The predicted octanol–water partition coefficient (Wildman–Crippen LogP) is 2.90. The van der Waals surface area contributed by atoms with Crippen LogP contribution in [0.25, 0.3) is 0 Å². The van der Waals surface area contributed by atoms with Crippen molar-refractivity contribution in [3.63, 3.8) is 0 Å². The van der Waals surface area contributed by atoms with Gasteiger partial charge in [-0.15, -0.1) is 11.8 Å². The van der Waals surface area contributed by atoms with Gasteiger partial charge >= 0.3 is 0 Å². The maximum Gasteiger partial charge on any atom is 0.224 e. The Morgan fingerprint density at radius 2 is 1.84 bits per heavy atom. The van der Waals surface area contributed by atoms with E-state index in [0.717, 1.165) is 31.6 Å². The molecular weight excluding hydrogens is 256 g/mol. The van der Waals surface area contributed by atoms with E-state index in [0.29, 0.717) is 0 Å². The summed E-state index contributed by atoms with van der Waals surface area (Å²) in [5.41, 5.74) is 0.938. The van der Waals surface area contributed by atoms with Crippen LogP contribution in [-0.2, 0) is 4.79 Å². The fraction of sp³-hybridized carbons (Fsp3) is 0.533. The molecule has 0 aromatic heterocycles. The average Bonchev–Trinajstić information content (AvgIpc) is 2.40. The third-order valence-corrected chi connectivity index (χ3v) is 4.61. The van der Waals surface area contributed by atoms with Gasteiger partial charge in [0.05, 0.1) is 0 Å². The Morgan fingerprint density at radius 3 is 2.32 bits per heavy atom. The standard InChI is InChI=1S/C15H22N2OS/c1-12(18)17(15(2)8-10-16-11-9-15)13-4-6-14(19-3)7-5-13/h4-7,16H,8-11H2,1-3H3. The van der Waals surface area contributed by atoms with Crippen LogP contribution in [-0.4, -0.2) is 30.8 Å². The first kappa shape index (κ1) is 14.4. The summed E-state index contributed by atoms with van der Waals surface area (Å²) in [4.78, 5) is 15.3. The quantitative estimate of drug-likeness (QED) is 0.863. The summed E-state index contributed by atoms with van der Waals surface area (Å²) in [5, 5.41) is 3.36. The zero-order chi connectivity index (χ0) is 13.9. The Bertz CT molecular complexity index is 438. The monoisotopic (exact) mass is 278 g/mol. The minimum atomic E-state index is -0.0715. The number of carbonyl (C=O) groups is 1. The molecule has 4 heteroatoms. The molecule has 0 saturated carbocycles. The van der Waals surface area contributed by atoms with E-state index >= 15 is 0 Å². The lowest BCUT2D eigenvalue weighted by molar-refractivity contribution is -0.117. The average molecular weight is 278 g/mol. The summed E-state index contributed by atoms with van der Waals surface area (Å²) in [6.07, 6.45) is 4.06. The van der Waals surface area contributed by atoms with Crippen LogP contribution in [0.4, 0.5) is 5.69 Å². The van der Waals surface area contributed by atoms with E-state index in [2.05, 4.69) is 42.8 Å². The smallest absolute Gasteiger partial charge is 0.224 e. The van der Waals surface area contributed by atoms with Crippen molar-refractivity contribution < 1.29 is 4.79 Å². The van der Waals surface area contributed by atoms with E-state index in [4.69, 9.17) is 0 Å². The molecule has 2 rings (SSSR count). The van der Waals surface area contributed by atoms with Gasteiger partial charge in [-0.25, -0.2) is 0 Å². The van der Waals surface area contributed by atoms with Crippen molar-refractivity contribution >= 4 is 23.4 Å². The highest BCUT2D eigenvalue weighted by Crippen LogP contribution is 2.32. The lowest BCUT2D eigenvalue weighted by Crippen LogP contribution is -2.54. The first-order valence-corrected chi connectivity index (χ1v) is 7.95. The first-order valence-electron chi connectivity index (χ1n) is 6.72. The van der Waals surface area contributed by atoms with Crippen molar-refractivity contribution in [2.75, 3.05) is 24.2 Å². The maximum absolute atomic E-state index is 12.1. The number of nitrogens with zero attached hydrogens (tertiary/aromatic N) is 1. The van der Waals surface area contributed by atoms with Gasteiger partial charge in [-0.05, 0) is 63.4 Å². The Hall–Kier alpha value is -1.00. The van der Waals surface area contributed by atoms with Crippen molar-refractivity contribution in [2.24, 2.45) is 0 Å². The van der Waals surface area contributed by atoms with Gasteiger partial charge in [-0.1, -0.05) is 0 Å². The molecule has 1 aliphatic heterocycles. The topological polar surface area (TPSA) is 32.3 Å². The van der Waals surface area contributed by atoms with Crippen LogP contribution >= 0.6 is 11.8 Å². The fourth-order valence-electron chi connectivity index (χ4n) is 2.79. The molecule has 1 N–H and O–H groups in total. The molecule has 3 nitrogen and oxygen atoms in total. The number of benzene rings is 1. The van der Waals surface area contributed by atoms with Gasteiger partial charge in [0.2, 0.25) is 5.91 Å². The second-order valence-corrected chi connectivity index (χ2v) is 6.18. The minimum Gasteiger partial charge on any atom is -0.317 e. The Balaban J connectivity index is 2.30. The third kappa shape index (κ3) is 3.12. The molecule has 0 bridgehead atoms. The second kappa shape index (κ2) is 5.97. The maximum atomic E-state index is 12.1. The Labute approximate surface area is 119 Å².